The van der Waals surface area contributed by atoms with Crippen LogP contribution in [0.25, 0.3) is 0 Å². The van der Waals surface area contributed by atoms with Gasteiger partial charge in [-0.05, 0) is 60.7 Å². The van der Waals surface area contributed by atoms with Crippen LogP contribution in [0, 0.1) is 11.3 Å². The van der Waals surface area contributed by atoms with Gasteiger partial charge in [-0.1, -0.05) is 78.8 Å². The van der Waals surface area contributed by atoms with Crippen molar-refractivity contribution in [3.05, 3.63) is 71.3 Å². The van der Waals surface area contributed by atoms with Gasteiger partial charge in [0.2, 0.25) is 11.8 Å². The number of benzene rings is 2. The second-order valence-electron chi connectivity index (χ2n) is 14.5. The molecule has 0 saturated carbocycles. The summed E-state index contributed by atoms with van der Waals surface area (Å²) in [4.78, 5) is 69.2. The quantitative estimate of drug-likeness (QED) is 0.0531. The molecule has 0 spiro atoms. The lowest BCUT2D eigenvalue weighted by molar-refractivity contribution is -0.141. The fourth-order valence-electron chi connectivity index (χ4n) is 5.54. The molecule has 15 heteroatoms. The van der Waals surface area contributed by atoms with Crippen molar-refractivity contribution in [1.29, 1.82) is 0 Å². The van der Waals surface area contributed by atoms with E-state index in [2.05, 4.69) is 21.3 Å². The molecule has 3 atom stereocenters. The molecule has 0 aliphatic heterocycles. The number of anilines is 2. The molecule has 8 N–H and O–H groups in total. The second-order valence-corrected chi connectivity index (χ2v) is 14.5. The van der Waals surface area contributed by atoms with Crippen LogP contribution in [0.5, 0.6) is 0 Å². The van der Waals surface area contributed by atoms with Gasteiger partial charge >= 0.3 is 18.1 Å². The van der Waals surface area contributed by atoms with Gasteiger partial charge in [0.25, 0.3) is 0 Å². The van der Waals surface area contributed by atoms with E-state index in [1.807, 2.05) is 60.0 Å². The van der Waals surface area contributed by atoms with Crippen molar-refractivity contribution in [3.8, 4) is 0 Å². The van der Waals surface area contributed by atoms with E-state index in [9.17, 15) is 29.1 Å². The number of hydroxylamine groups is 1. The molecule has 0 unspecified atom stereocenters. The number of hydrogen-bond donors (Lipinski definition) is 7. The number of nitrogens with one attached hydrogen (secondary N) is 5. The third kappa shape index (κ3) is 12.6. The van der Waals surface area contributed by atoms with Gasteiger partial charge in [0.1, 0.15) is 19.4 Å². The van der Waals surface area contributed by atoms with Crippen LogP contribution >= 0.6 is 0 Å². The SMILES string of the molecule is CN[C@H](C(=O)N[C@H](C(=O)N(C)[C@H](/C=C(\C)C(=O)O)C(C)C)C(C)(C)C)C(C)(C)c1cccc(NC(=O)OCc2ccc(NCONC(N)=O)cc2)c1. The van der Waals surface area contributed by atoms with Gasteiger partial charge in [-0.15, -0.1) is 0 Å². The summed E-state index contributed by atoms with van der Waals surface area (Å²) < 4.78 is 5.41. The fraction of sp³-hybridized carbons (Fsp3) is 0.486. The highest BCUT2D eigenvalue weighted by Gasteiger charge is 2.41. The number of amides is 5. The van der Waals surface area contributed by atoms with Crippen LogP contribution in [0.1, 0.15) is 66.5 Å². The molecule has 0 heterocycles. The molecule has 2 aromatic rings. The number of nitrogens with zero attached hydrogens (tertiary/aromatic N) is 1. The van der Waals surface area contributed by atoms with Crippen molar-refractivity contribution < 1.29 is 38.7 Å². The average Bonchev–Trinajstić information content (AvgIpc) is 3.06. The molecule has 15 nitrogen and oxygen atoms in total. The van der Waals surface area contributed by atoms with Gasteiger partial charge in [-0.25, -0.2) is 19.9 Å². The van der Waals surface area contributed by atoms with Gasteiger partial charge in [0.15, 0.2) is 0 Å². The predicted molar refractivity (Wildman–Crippen MR) is 199 cm³/mol. The van der Waals surface area contributed by atoms with Crippen molar-refractivity contribution in [3.63, 3.8) is 0 Å². The average molecular weight is 726 g/mol. The first-order valence-corrected chi connectivity index (χ1v) is 16.9. The van der Waals surface area contributed by atoms with E-state index >= 15 is 0 Å². The van der Waals surface area contributed by atoms with Crippen molar-refractivity contribution in [2.75, 3.05) is 31.5 Å². The van der Waals surface area contributed by atoms with E-state index in [-0.39, 0.29) is 30.7 Å². The Morgan fingerprint density at radius 3 is 2.13 bits per heavy atom. The minimum absolute atomic E-state index is 0.000320. The van der Waals surface area contributed by atoms with Crippen molar-refractivity contribution in [2.24, 2.45) is 17.1 Å². The number of primary amides is 1. The summed E-state index contributed by atoms with van der Waals surface area (Å²) in [7, 11) is 3.28. The molecule has 5 amide bonds. The van der Waals surface area contributed by atoms with Gasteiger partial charge in [-0.3, -0.25) is 19.7 Å². The zero-order chi connectivity index (χ0) is 39.4. The minimum atomic E-state index is -1.07. The lowest BCUT2D eigenvalue weighted by atomic mass is 9.76. The Kier molecular flexibility index (Phi) is 15.6. The zero-order valence-corrected chi connectivity index (χ0v) is 31.7. The molecule has 0 fully saturated rings. The van der Waals surface area contributed by atoms with E-state index < -0.39 is 53.0 Å². The summed E-state index contributed by atoms with van der Waals surface area (Å²) in [6.45, 7) is 14.6. The first-order chi connectivity index (χ1) is 24.2. The minimum Gasteiger partial charge on any atom is -0.478 e. The van der Waals surface area contributed by atoms with E-state index in [0.29, 0.717) is 11.4 Å². The van der Waals surface area contributed by atoms with Crippen LogP contribution in [0.3, 0.4) is 0 Å². The number of likely N-dealkylation sites (N-methyl/N-ethyl adjacent to an activating group) is 2. The van der Waals surface area contributed by atoms with Crippen LogP contribution in [0.4, 0.5) is 21.0 Å². The Balaban J connectivity index is 2.15. The number of carbonyl (C=O) groups is 5. The first-order valence-electron chi connectivity index (χ1n) is 16.9. The molecule has 2 rings (SSSR count). The lowest BCUT2D eigenvalue weighted by Crippen LogP contribution is -2.61. The van der Waals surface area contributed by atoms with Crippen molar-refractivity contribution >= 4 is 41.3 Å². The maximum atomic E-state index is 14.0. The molecule has 0 aliphatic carbocycles. The number of ether oxygens (including phenoxy) is 1. The predicted octanol–water partition coefficient (Wildman–Crippen LogP) is 4.32. The molecule has 286 valence electrons. The Morgan fingerprint density at radius 2 is 1.60 bits per heavy atom. The number of aliphatic carboxylic acids is 1. The highest BCUT2D eigenvalue weighted by atomic mass is 16.7. The smallest absolute Gasteiger partial charge is 0.411 e. The summed E-state index contributed by atoms with van der Waals surface area (Å²) in [6.07, 6.45) is 0.890. The number of carbonyl (C=O) groups excluding carboxylic acids is 4. The van der Waals surface area contributed by atoms with Crippen LogP contribution < -0.4 is 32.5 Å². The maximum absolute atomic E-state index is 14.0. The highest BCUT2D eigenvalue weighted by Crippen LogP contribution is 2.31. The Hall–Kier alpha value is -5.15. The van der Waals surface area contributed by atoms with Crippen LogP contribution in [0.15, 0.2) is 60.2 Å². The summed E-state index contributed by atoms with van der Waals surface area (Å²) in [5.74, 6) is -1.90. The van der Waals surface area contributed by atoms with Crippen LogP contribution in [0.2, 0.25) is 0 Å². The molecule has 2 aromatic carbocycles. The third-order valence-corrected chi connectivity index (χ3v) is 8.61. The van der Waals surface area contributed by atoms with E-state index in [0.717, 1.165) is 11.1 Å². The largest absolute Gasteiger partial charge is 0.478 e. The lowest BCUT2D eigenvalue weighted by Gasteiger charge is -2.40. The molecule has 0 radical (unpaired) electrons. The second kappa shape index (κ2) is 18.9. The third-order valence-electron chi connectivity index (χ3n) is 8.61. The summed E-state index contributed by atoms with van der Waals surface area (Å²) in [5.41, 5.74) is 8.20. The monoisotopic (exact) mass is 725 g/mol. The van der Waals surface area contributed by atoms with Gasteiger partial charge in [0.05, 0.1) is 12.1 Å². The van der Waals surface area contributed by atoms with Crippen LogP contribution in [-0.2, 0) is 36.0 Å². The van der Waals surface area contributed by atoms with Gasteiger partial charge in [0, 0.05) is 29.4 Å². The number of rotatable bonds is 17. The van der Waals surface area contributed by atoms with Crippen molar-refractivity contribution in [1.82, 2.24) is 21.0 Å². The molecular formula is C37H55N7O8. The van der Waals surface area contributed by atoms with E-state index in [1.165, 1.54) is 11.8 Å². The molecular weight excluding hydrogens is 670 g/mol. The van der Waals surface area contributed by atoms with Crippen molar-refractivity contribution in [2.45, 2.75) is 85.5 Å². The highest BCUT2D eigenvalue weighted by molar-refractivity contribution is 5.92. The van der Waals surface area contributed by atoms with E-state index in [1.54, 1.807) is 62.6 Å². The number of urea groups is 1. The number of nitrogens with two attached hydrogens (primary N) is 1. The zero-order valence-electron chi connectivity index (χ0n) is 31.7. The fourth-order valence-corrected chi connectivity index (χ4v) is 5.54. The Bertz CT molecular complexity index is 1590. The van der Waals surface area contributed by atoms with Gasteiger partial charge < -0.3 is 36.4 Å². The summed E-state index contributed by atoms with van der Waals surface area (Å²) in [6, 6.07) is 11.1. The molecule has 0 aliphatic rings. The van der Waals surface area contributed by atoms with E-state index in [4.69, 9.17) is 15.3 Å². The summed E-state index contributed by atoms with van der Waals surface area (Å²) in [5, 5.41) is 21.2. The topological polar surface area (TPSA) is 213 Å². The van der Waals surface area contributed by atoms with Gasteiger partial charge in [-0.2, -0.15) is 0 Å². The summed E-state index contributed by atoms with van der Waals surface area (Å²) >= 11 is 0. The maximum Gasteiger partial charge on any atom is 0.411 e. The van der Waals surface area contributed by atoms with Crippen LogP contribution in [-0.4, -0.2) is 78.9 Å². The number of carboxylic acids is 1. The molecule has 0 aromatic heterocycles. The molecule has 0 saturated heterocycles. The number of hydrogen-bond acceptors (Lipinski definition) is 9. The Labute approximate surface area is 306 Å². The first kappa shape index (κ1) is 43.0. The normalized spacial score (nSPS) is 13.7. The molecule has 0 bridgehead atoms. The standard InChI is InChI=1S/C37H55N7O8/c1-22(2)28(18-23(3)33(47)48)44(10)32(46)30(36(4,5)6)42-31(45)29(39-9)37(7,8)25-12-11-13-27(19-25)41-35(50)51-20-24-14-16-26(17-15-24)40-21-52-43-34(38)49/h11-19,22,28-30,39-40H,20-21H2,1-10H3,(H,41,50)(H,42,45)(H,47,48)(H3,38,43,49)/b23-18+/t28-,29-,30-/m1/s1. The Morgan fingerprint density at radius 1 is 0.962 bits per heavy atom. The molecule has 52 heavy (non-hydrogen) atoms. The number of carboxylic acid groups (broad SMARTS) is 1.